The highest BCUT2D eigenvalue weighted by atomic mass is 32.1. The van der Waals surface area contributed by atoms with Crippen LogP contribution in [0.3, 0.4) is 0 Å². The molecule has 1 aliphatic rings. The minimum Gasteiger partial charge on any atom is -0.480 e. The van der Waals surface area contributed by atoms with E-state index >= 15 is 0 Å². The van der Waals surface area contributed by atoms with Gasteiger partial charge < -0.3 is 14.0 Å². The lowest BCUT2D eigenvalue weighted by atomic mass is 9.97. The normalized spacial score (nSPS) is 16.4. The number of carbonyl (C=O) groups is 1. The van der Waals surface area contributed by atoms with Crippen molar-refractivity contribution in [3.05, 3.63) is 71.3 Å². The van der Waals surface area contributed by atoms with Crippen LogP contribution in [0.25, 0.3) is 16.1 Å². The number of thiazole rings is 1. The molecule has 1 aliphatic heterocycles. The van der Waals surface area contributed by atoms with Crippen molar-refractivity contribution < 1.29 is 22.7 Å². The smallest absolute Gasteiger partial charge is 0.422 e. The van der Waals surface area contributed by atoms with Crippen LogP contribution in [0.15, 0.2) is 54.9 Å². The largest absolute Gasteiger partial charge is 0.480 e. The minimum absolute atomic E-state index is 0.0723. The van der Waals surface area contributed by atoms with Crippen LogP contribution in [0.2, 0.25) is 0 Å². The molecule has 6 nitrogen and oxygen atoms in total. The Kier molecular flexibility index (Phi) is 6.70. The molecule has 0 radical (unpaired) electrons. The fraction of sp³-hybridized carbons (Fsp3) is 0.346. The fourth-order valence-electron chi connectivity index (χ4n) is 4.62. The number of halogens is 3. The van der Waals surface area contributed by atoms with Gasteiger partial charge in [0.1, 0.15) is 5.69 Å². The number of aryl methyl sites for hydroxylation is 1. The average Bonchev–Trinajstić information content (AvgIpc) is 3.46. The van der Waals surface area contributed by atoms with E-state index in [1.54, 1.807) is 22.9 Å². The summed E-state index contributed by atoms with van der Waals surface area (Å²) in [6, 6.07) is 12.8. The maximum atomic E-state index is 13.7. The van der Waals surface area contributed by atoms with Crippen LogP contribution in [0.1, 0.15) is 40.5 Å². The van der Waals surface area contributed by atoms with Gasteiger partial charge in [-0.3, -0.25) is 4.79 Å². The molecule has 5 rings (SSSR count). The van der Waals surface area contributed by atoms with Gasteiger partial charge in [-0.1, -0.05) is 30.3 Å². The molecule has 36 heavy (non-hydrogen) atoms. The molecule has 4 heterocycles. The van der Waals surface area contributed by atoms with E-state index in [1.165, 1.54) is 17.4 Å². The van der Waals surface area contributed by atoms with Crippen molar-refractivity contribution in [2.45, 2.75) is 44.8 Å². The van der Waals surface area contributed by atoms with Crippen molar-refractivity contribution in [1.29, 1.82) is 0 Å². The van der Waals surface area contributed by atoms with Crippen LogP contribution in [-0.2, 0) is 6.42 Å². The molecule has 1 fully saturated rings. The lowest BCUT2D eigenvalue weighted by Crippen LogP contribution is -2.45. The van der Waals surface area contributed by atoms with Gasteiger partial charge in [0.05, 0.1) is 15.6 Å². The van der Waals surface area contributed by atoms with Crippen molar-refractivity contribution in [3.63, 3.8) is 0 Å². The number of amides is 1. The second-order valence-electron chi connectivity index (χ2n) is 8.87. The number of hydrogen-bond acceptors (Lipinski definition) is 5. The third-order valence-corrected chi connectivity index (χ3v) is 7.21. The van der Waals surface area contributed by atoms with E-state index in [1.807, 2.05) is 42.2 Å². The zero-order valence-electron chi connectivity index (χ0n) is 19.7. The van der Waals surface area contributed by atoms with Crippen LogP contribution in [-0.4, -0.2) is 50.5 Å². The molecule has 0 aliphatic carbocycles. The van der Waals surface area contributed by atoms with Gasteiger partial charge in [0.15, 0.2) is 18.0 Å². The summed E-state index contributed by atoms with van der Waals surface area (Å²) in [5, 5.41) is 0.831. The van der Waals surface area contributed by atoms with E-state index < -0.39 is 12.8 Å². The van der Waals surface area contributed by atoms with E-state index in [4.69, 9.17) is 4.74 Å². The van der Waals surface area contributed by atoms with Crippen molar-refractivity contribution >= 4 is 22.9 Å². The first-order valence-electron chi connectivity index (χ1n) is 11.8. The number of fused-ring (bicyclic) bond motifs is 1. The zero-order chi connectivity index (χ0) is 25.3. The maximum absolute atomic E-state index is 13.7. The van der Waals surface area contributed by atoms with Crippen LogP contribution < -0.4 is 4.74 Å². The maximum Gasteiger partial charge on any atom is 0.422 e. The van der Waals surface area contributed by atoms with Crippen molar-refractivity contribution in [2.75, 3.05) is 13.2 Å². The molecule has 1 unspecified atom stereocenters. The standard InChI is InChI=1S/C26H25F3N4O2S/c1-17-30-22(23(36-17)18-8-3-2-4-9-18)25(34)33-13-6-5-10-20(33)14-19-15-32-12-7-11-21(24(32)31-19)35-16-26(27,28)29/h2-4,7-9,11-12,15,20H,5-6,10,13-14,16H2,1H3. The van der Waals surface area contributed by atoms with Crippen molar-refractivity contribution in [3.8, 4) is 16.2 Å². The second-order valence-corrected chi connectivity index (χ2v) is 10.1. The average molecular weight is 515 g/mol. The van der Waals surface area contributed by atoms with Crippen LogP contribution in [0.5, 0.6) is 5.75 Å². The SMILES string of the molecule is Cc1nc(C(=O)N2CCCCC2Cc2cn3cccc(OCC(F)(F)F)c3n2)c(-c2ccccc2)s1. The Bertz CT molecular complexity index is 1370. The topological polar surface area (TPSA) is 59.7 Å². The molecule has 188 valence electrons. The molecule has 0 spiro atoms. The Balaban J connectivity index is 1.39. The number of piperidine rings is 1. The van der Waals surface area contributed by atoms with Gasteiger partial charge >= 0.3 is 6.18 Å². The Labute approximate surface area is 210 Å². The molecule has 1 atom stereocenters. The highest BCUT2D eigenvalue weighted by molar-refractivity contribution is 7.15. The summed E-state index contributed by atoms with van der Waals surface area (Å²) in [4.78, 5) is 25.6. The first-order valence-corrected chi connectivity index (χ1v) is 12.6. The first kappa shape index (κ1) is 24.3. The number of pyridine rings is 1. The Morgan fingerprint density at radius 3 is 2.72 bits per heavy atom. The quantitative estimate of drug-likeness (QED) is 0.319. The zero-order valence-corrected chi connectivity index (χ0v) is 20.5. The highest BCUT2D eigenvalue weighted by Crippen LogP contribution is 2.33. The lowest BCUT2D eigenvalue weighted by Gasteiger charge is -2.35. The Morgan fingerprint density at radius 1 is 1.14 bits per heavy atom. The molecule has 4 aromatic rings. The number of ether oxygens (including phenoxy) is 1. The van der Waals surface area contributed by atoms with Gasteiger partial charge in [-0.05, 0) is 43.9 Å². The molecule has 10 heteroatoms. The molecule has 3 aromatic heterocycles. The summed E-state index contributed by atoms with van der Waals surface area (Å²) in [5.41, 5.74) is 2.45. The van der Waals surface area contributed by atoms with Gasteiger partial charge in [-0.15, -0.1) is 11.3 Å². The number of likely N-dealkylation sites (tertiary alicyclic amines) is 1. The van der Waals surface area contributed by atoms with Crippen molar-refractivity contribution in [1.82, 2.24) is 19.3 Å². The number of nitrogens with zero attached hydrogens (tertiary/aromatic N) is 4. The van der Waals surface area contributed by atoms with Gasteiger partial charge in [0.25, 0.3) is 5.91 Å². The summed E-state index contributed by atoms with van der Waals surface area (Å²) in [7, 11) is 0. The first-order chi connectivity index (χ1) is 17.3. The predicted octanol–water partition coefficient (Wildman–Crippen LogP) is 5.94. The molecule has 1 saturated heterocycles. The second kappa shape index (κ2) is 9.93. The number of alkyl halides is 3. The molecule has 0 bridgehead atoms. The highest BCUT2D eigenvalue weighted by Gasteiger charge is 2.32. The molecule has 1 aromatic carbocycles. The Hall–Kier alpha value is -3.40. The summed E-state index contributed by atoms with van der Waals surface area (Å²) >= 11 is 1.51. The monoisotopic (exact) mass is 514 g/mol. The third kappa shape index (κ3) is 5.23. The molecule has 0 saturated carbocycles. The number of benzene rings is 1. The summed E-state index contributed by atoms with van der Waals surface area (Å²) in [6.45, 7) is 1.15. The fourth-order valence-corrected chi connectivity index (χ4v) is 5.54. The summed E-state index contributed by atoms with van der Waals surface area (Å²) < 4.78 is 44.6. The van der Waals surface area contributed by atoms with Crippen LogP contribution in [0.4, 0.5) is 13.2 Å². The Morgan fingerprint density at radius 2 is 1.94 bits per heavy atom. The molecule has 0 N–H and O–H groups in total. The molecule has 1 amide bonds. The summed E-state index contributed by atoms with van der Waals surface area (Å²) in [5.74, 6) is -0.0241. The number of rotatable bonds is 6. The lowest BCUT2D eigenvalue weighted by molar-refractivity contribution is -0.153. The minimum atomic E-state index is -4.43. The van der Waals surface area contributed by atoms with Gasteiger partial charge in [0, 0.05) is 31.4 Å². The van der Waals surface area contributed by atoms with E-state index in [0.717, 1.165) is 34.7 Å². The van der Waals surface area contributed by atoms with Crippen LogP contribution in [0, 0.1) is 6.92 Å². The number of imidazole rings is 1. The van der Waals surface area contributed by atoms with Crippen LogP contribution >= 0.6 is 11.3 Å². The van der Waals surface area contributed by atoms with Gasteiger partial charge in [-0.25, -0.2) is 9.97 Å². The van der Waals surface area contributed by atoms with E-state index in [2.05, 4.69) is 9.97 Å². The number of carbonyl (C=O) groups excluding carboxylic acids is 1. The summed E-state index contributed by atoms with van der Waals surface area (Å²) in [6.07, 6.45) is 2.29. The third-order valence-electron chi connectivity index (χ3n) is 6.19. The predicted molar refractivity (Wildman–Crippen MR) is 131 cm³/mol. The van der Waals surface area contributed by atoms with E-state index in [9.17, 15) is 18.0 Å². The van der Waals surface area contributed by atoms with Gasteiger partial charge in [-0.2, -0.15) is 13.2 Å². The number of hydrogen-bond donors (Lipinski definition) is 0. The molecular weight excluding hydrogens is 489 g/mol. The molecular formula is C26H25F3N4O2S. The van der Waals surface area contributed by atoms with Gasteiger partial charge in [0.2, 0.25) is 0 Å². The van der Waals surface area contributed by atoms with E-state index in [0.29, 0.717) is 30.0 Å². The van der Waals surface area contributed by atoms with E-state index in [-0.39, 0.29) is 17.7 Å². The number of aromatic nitrogens is 3. The van der Waals surface area contributed by atoms with Crippen molar-refractivity contribution in [2.24, 2.45) is 0 Å².